The molecular weight excluding hydrogens is 374 g/mol. The molecule has 6 nitrogen and oxygen atoms in total. The molecule has 0 saturated carbocycles. The molecule has 0 fully saturated rings. The van der Waals surface area contributed by atoms with Crippen molar-refractivity contribution in [3.8, 4) is 17.3 Å². The number of pyridine rings is 1. The summed E-state index contributed by atoms with van der Waals surface area (Å²) < 4.78 is 4.65. The fraction of sp³-hybridized carbons (Fsp3) is 0.0952. The van der Waals surface area contributed by atoms with Gasteiger partial charge in [-0.05, 0) is 35.9 Å². The van der Waals surface area contributed by atoms with E-state index >= 15 is 0 Å². The van der Waals surface area contributed by atoms with Crippen molar-refractivity contribution in [1.82, 2.24) is 9.97 Å². The predicted octanol–water partition coefficient (Wildman–Crippen LogP) is 3.88. The molecule has 3 rings (SSSR count). The molecule has 0 aliphatic rings. The minimum Gasteiger partial charge on any atom is -0.465 e. The first-order valence-electron chi connectivity index (χ1n) is 8.28. The van der Waals surface area contributed by atoms with E-state index in [0.29, 0.717) is 16.3 Å². The van der Waals surface area contributed by atoms with E-state index in [9.17, 15) is 14.9 Å². The van der Waals surface area contributed by atoms with Crippen molar-refractivity contribution in [3.63, 3.8) is 0 Å². The minimum absolute atomic E-state index is 0.352. The van der Waals surface area contributed by atoms with Crippen molar-refractivity contribution in [2.75, 3.05) is 7.11 Å². The average molecular weight is 389 g/mol. The monoisotopic (exact) mass is 389 g/mol. The molecule has 1 unspecified atom stereocenters. The van der Waals surface area contributed by atoms with E-state index < -0.39 is 11.9 Å². The topological polar surface area (TPSA) is 92.9 Å². The van der Waals surface area contributed by atoms with E-state index in [1.165, 1.54) is 24.5 Å². The molecule has 138 valence electrons. The Morgan fingerprint density at radius 2 is 1.89 bits per heavy atom. The van der Waals surface area contributed by atoms with Gasteiger partial charge in [-0.2, -0.15) is 5.26 Å². The van der Waals surface area contributed by atoms with E-state index in [1.807, 2.05) is 23.6 Å². The summed E-state index contributed by atoms with van der Waals surface area (Å²) in [7, 11) is 1.32. The highest BCUT2D eigenvalue weighted by Crippen LogP contribution is 2.27. The summed E-state index contributed by atoms with van der Waals surface area (Å²) in [6, 6.07) is 12.3. The average Bonchev–Trinajstić information content (AvgIpc) is 3.23. The zero-order valence-electron chi connectivity index (χ0n) is 14.9. The quantitative estimate of drug-likeness (QED) is 0.469. The molecule has 1 atom stereocenters. The molecule has 0 aliphatic heterocycles. The standard InChI is InChI=1S/C21H15N3O3S/c1-27-21(26)16-5-2-14(3-6-16)4-7-19(25)17(12-22)20-24-18(13-28-20)15-8-10-23-11-9-15/h2-11,13,17H,1H3/b7-4+. The lowest BCUT2D eigenvalue weighted by Gasteiger charge is -2.02. The van der Waals surface area contributed by atoms with Crippen molar-refractivity contribution in [3.05, 3.63) is 76.4 Å². The van der Waals surface area contributed by atoms with Crippen molar-refractivity contribution < 1.29 is 14.3 Å². The molecule has 1 aromatic carbocycles. The molecule has 0 radical (unpaired) electrons. The summed E-state index contributed by atoms with van der Waals surface area (Å²) in [5.41, 5.74) is 2.74. The number of methoxy groups -OCH3 is 1. The lowest BCUT2D eigenvalue weighted by atomic mass is 10.0. The maximum atomic E-state index is 12.5. The van der Waals surface area contributed by atoms with Gasteiger partial charge in [-0.15, -0.1) is 11.3 Å². The lowest BCUT2D eigenvalue weighted by molar-refractivity contribution is -0.114. The highest BCUT2D eigenvalue weighted by Gasteiger charge is 2.22. The number of nitrogens with zero attached hydrogens (tertiary/aromatic N) is 3. The number of esters is 1. The van der Waals surface area contributed by atoms with E-state index in [1.54, 1.807) is 42.7 Å². The summed E-state index contributed by atoms with van der Waals surface area (Å²) in [6.45, 7) is 0. The summed E-state index contributed by atoms with van der Waals surface area (Å²) in [5, 5.41) is 11.7. The summed E-state index contributed by atoms with van der Waals surface area (Å²) in [6.07, 6.45) is 6.28. The van der Waals surface area contributed by atoms with Gasteiger partial charge in [0.05, 0.1) is 24.4 Å². The highest BCUT2D eigenvalue weighted by atomic mass is 32.1. The van der Waals surface area contributed by atoms with E-state index in [4.69, 9.17) is 0 Å². The Kier molecular flexibility index (Phi) is 6.04. The van der Waals surface area contributed by atoms with Gasteiger partial charge >= 0.3 is 5.97 Å². The van der Waals surface area contributed by atoms with Crippen LogP contribution in [-0.2, 0) is 9.53 Å². The number of ether oxygens (including phenoxy) is 1. The zero-order chi connectivity index (χ0) is 19.9. The zero-order valence-corrected chi connectivity index (χ0v) is 15.7. The molecule has 0 saturated heterocycles. The number of aromatic nitrogens is 2. The number of allylic oxidation sites excluding steroid dienone is 1. The number of ketones is 1. The molecule has 0 N–H and O–H groups in total. The van der Waals surface area contributed by atoms with Gasteiger partial charge in [0, 0.05) is 23.3 Å². The molecule has 0 spiro atoms. The lowest BCUT2D eigenvalue weighted by Crippen LogP contribution is -2.07. The summed E-state index contributed by atoms with van der Waals surface area (Å²) >= 11 is 1.27. The number of nitriles is 1. The largest absolute Gasteiger partial charge is 0.465 e. The van der Waals surface area contributed by atoms with Crippen LogP contribution in [0.2, 0.25) is 0 Å². The van der Waals surface area contributed by atoms with Crippen LogP contribution in [0.1, 0.15) is 26.8 Å². The number of hydrogen-bond acceptors (Lipinski definition) is 7. The molecule has 0 amide bonds. The second kappa shape index (κ2) is 8.84. The summed E-state index contributed by atoms with van der Waals surface area (Å²) in [5.74, 6) is -1.74. The Morgan fingerprint density at radius 3 is 2.54 bits per heavy atom. The SMILES string of the molecule is COC(=O)c1ccc(/C=C/C(=O)C(C#N)c2nc(-c3ccncc3)cs2)cc1. The van der Waals surface area contributed by atoms with E-state index in [-0.39, 0.29) is 5.78 Å². The van der Waals surface area contributed by atoms with Gasteiger partial charge in [-0.3, -0.25) is 9.78 Å². The van der Waals surface area contributed by atoms with Crippen molar-refractivity contribution >= 4 is 29.2 Å². The number of carbonyl (C=O) groups is 2. The van der Waals surface area contributed by atoms with Crippen LogP contribution in [0.15, 0.2) is 60.2 Å². The molecule has 2 heterocycles. The number of thiazole rings is 1. The molecule has 0 aliphatic carbocycles. The van der Waals surface area contributed by atoms with Gasteiger partial charge in [0.15, 0.2) is 11.7 Å². The third-order valence-corrected chi connectivity index (χ3v) is 4.84. The Morgan fingerprint density at radius 1 is 1.18 bits per heavy atom. The van der Waals surface area contributed by atoms with Gasteiger partial charge < -0.3 is 4.74 Å². The first-order valence-corrected chi connectivity index (χ1v) is 9.16. The van der Waals surface area contributed by atoms with Crippen molar-refractivity contribution in [2.24, 2.45) is 0 Å². The van der Waals surface area contributed by atoms with Crippen LogP contribution in [0.25, 0.3) is 17.3 Å². The molecule has 28 heavy (non-hydrogen) atoms. The molecule has 2 aromatic heterocycles. The first kappa shape index (κ1) is 19.1. The van der Waals surface area contributed by atoms with Gasteiger partial charge in [-0.1, -0.05) is 18.2 Å². The Bertz CT molecular complexity index is 1050. The second-order valence-corrected chi connectivity index (χ2v) is 6.61. The number of benzene rings is 1. The van der Waals surface area contributed by atoms with Gasteiger partial charge in [0.2, 0.25) is 0 Å². The second-order valence-electron chi connectivity index (χ2n) is 5.72. The van der Waals surface area contributed by atoms with Crippen LogP contribution >= 0.6 is 11.3 Å². The Labute approximate surface area is 165 Å². The first-order chi connectivity index (χ1) is 13.6. The van der Waals surface area contributed by atoms with Crippen LogP contribution in [-0.4, -0.2) is 28.8 Å². The van der Waals surface area contributed by atoms with Crippen molar-refractivity contribution in [2.45, 2.75) is 5.92 Å². The maximum Gasteiger partial charge on any atom is 0.337 e. The van der Waals surface area contributed by atoms with Gasteiger partial charge in [-0.25, -0.2) is 9.78 Å². The fourth-order valence-electron chi connectivity index (χ4n) is 2.44. The molecular formula is C21H15N3O3S. The van der Waals surface area contributed by atoms with Crippen LogP contribution in [0, 0.1) is 11.3 Å². The number of rotatable bonds is 6. The minimum atomic E-state index is -0.967. The highest BCUT2D eigenvalue weighted by molar-refractivity contribution is 7.10. The van der Waals surface area contributed by atoms with Crippen molar-refractivity contribution in [1.29, 1.82) is 5.26 Å². The van der Waals surface area contributed by atoms with Gasteiger partial charge in [0.1, 0.15) is 5.01 Å². The van der Waals surface area contributed by atoms with Crippen LogP contribution < -0.4 is 0 Å². The number of carbonyl (C=O) groups excluding carboxylic acids is 2. The number of hydrogen-bond donors (Lipinski definition) is 0. The third kappa shape index (κ3) is 4.37. The van der Waals surface area contributed by atoms with E-state index in [0.717, 1.165) is 11.1 Å². The molecule has 3 aromatic rings. The molecule has 7 heteroatoms. The molecule has 0 bridgehead atoms. The predicted molar refractivity (Wildman–Crippen MR) is 106 cm³/mol. The van der Waals surface area contributed by atoms with Crippen LogP contribution in [0.5, 0.6) is 0 Å². The van der Waals surface area contributed by atoms with Crippen LogP contribution in [0.4, 0.5) is 0 Å². The smallest absolute Gasteiger partial charge is 0.337 e. The summed E-state index contributed by atoms with van der Waals surface area (Å²) in [4.78, 5) is 32.3. The van der Waals surface area contributed by atoms with Crippen LogP contribution in [0.3, 0.4) is 0 Å². The maximum absolute atomic E-state index is 12.5. The Hall–Kier alpha value is -3.63. The normalized spacial score (nSPS) is 11.7. The fourth-order valence-corrected chi connectivity index (χ4v) is 3.32. The Balaban J connectivity index is 1.74. The third-order valence-electron chi connectivity index (χ3n) is 3.93. The van der Waals surface area contributed by atoms with Gasteiger partial charge in [0.25, 0.3) is 0 Å². The van der Waals surface area contributed by atoms with E-state index in [2.05, 4.69) is 14.7 Å².